The van der Waals surface area contributed by atoms with E-state index in [-0.39, 0.29) is 57.9 Å². The molecule has 248 valence electrons. The molecule has 0 aliphatic heterocycles. The Labute approximate surface area is 266 Å². The number of aliphatic carboxylic acids is 2. The van der Waals surface area contributed by atoms with Crippen LogP contribution in [0.15, 0.2) is 11.6 Å². The summed E-state index contributed by atoms with van der Waals surface area (Å²) in [5.41, 5.74) is 0.385. The predicted octanol–water partition coefficient (Wildman–Crippen LogP) is 9.07. The van der Waals surface area contributed by atoms with Gasteiger partial charge in [-0.1, -0.05) is 74.0 Å². The number of ether oxygens (including phenoxy) is 1. The fourth-order valence-corrected chi connectivity index (χ4v) is 12.0. The molecule has 0 heterocycles. The lowest BCUT2D eigenvalue weighted by molar-refractivity contribution is -0.214. The van der Waals surface area contributed by atoms with Gasteiger partial charge >= 0.3 is 17.9 Å². The van der Waals surface area contributed by atoms with Gasteiger partial charge in [0.15, 0.2) is 0 Å². The zero-order valence-corrected chi connectivity index (χ0v) is 29.1. The molecule has 2 N–H and O–H groups in total. The SMILES string of the molecule is CCC(C)(CC(=O)O)CC(=O)O[C@H]1CC[C@@]2(C)C(CC[C@]3(C)C2CC=C2C4CC(C)(C)CC[C@]4(C(=O)O)CC[C@]23C)C1(C)C. The number of carbonyl (C=O) groups is 3. The van der Waals surface area contributed by atoms with Crippen molar-refractivity contribution in [2.24, 2.45) is 55.7 Å². The maximum Gasteiger partial charge on any atom is 0.310 e. The van der Waals surface area contributed by atoms with Crippen molar-refractivity contribution >= 4 is 17.9 Å². The summed E-state index contributed by atoms with van der Waals surface area (Å²) in [6.07, 6.45) is 12.6. The molecule has 0 aromatic rings. The van der Waals surface area contributed by atoms with Crippen molar-refractivity contribution in [3.8, 4) is 0 Å². The number of hydrogen-bond acceptors (Lipinski definition) is 4. The predicted molar refractivity (Wildman–Crippen MR) is 172 cm³/mol. The Morgan fingerprint density at radius 2 is 1.55 bits per heavy atom. The Morgan fingerprint density at radius 1 is 0.886 bits per heavy atom. The second-order valence-corrected chi connectivity index (χ2v) is 18.4. The van der Waals surface area contributed by atoms with E-state index < -0.39 is 22.8 Å². The Morgan fingerprint density at radius 3 is 2.16 bits per heavy atom. The zero-order valence-electron chi connectivity index (χ0n) is 29.1. The van der Waals surface area contributed by atoms with E-state index in [0.717, 1.165) is 64.2 Å². The minimum absolute atomic E-state index is 0.0108. The summed E-state index contributed by atoms with van der Waals surface area (Å²) in [5.74, 6) is -0.710. The van der Waals surface area contributed by atoms with E-state index in [2.05, 4.69) is 54.5 Å². The van der Waals surface area contributed by atoms with E-state index in [1.807, 2.05) is 13.8 Å². The van der Waals surface area contributed by atoms with Gasteiger partial charge in [-0.25, -0.2) is 0 Å². The van der Waals surface area contributed by atoms with Gasteiger partial charge in [-0.2, -0.15) is 0 Å². The molecule has 0 aromatic heterocycles. The van der Waals surface area contributed by atoms with Crippen LogP contribution in [0.25, 0.3) is 0 Å². The van der Waals surface area contributed by atoms with Gasteiger partial charge in [0.05, 0.1) is 18.3 Å². The summed E-state index contributed by atoms with van der Waals surface area (Å²) in [6.45, 7) is 20.6. The average molecular weight is 613 g/mol. The van der Waals surface area contributed by atoms with Crippen LogP contribution in [0, 0.1) is 55.7 Å². The summed E-state index contributed by atoms with van der Waals surface area (Å²) in [4.78, 5) is 37.6. The Hall–Kier alpha value is -1.85. The maximum atomic E-state index is 13.2. The van der Waals surface area contributed by atoms with Crippen molar-refractivity contribution in [1.29, 1.82) is 0 Å². The summed E-state index contributed by atoms with van der Waals surface area (Å²) in [6, 6.07) is 0. The van der Waals surface area contributed by atoms with Crippen LogP contribution in [-0.4, -0.2) is 34.2 Å². The molecule has 4 unspecified atom stereocenters. The monoisotopic (exact) mass is 612 g/mol. The minimum atomic E-state index is -0.877. The second kappa shape index (κ2) is 10.6. The smallest absolute Gasteiger partial charge is 0.310 e. The van der Waals surface area contributed by atoms with E-state index in [4.69, 9.17) is 4.74 Å². The molecule has 0 saturated heterocycles. The summed E-state index contributed by atoms with van der Waals surface area (Å²) < 4.78 is 6.26. The standard InChI is InChI=1S/C38H60O6/c1-10-34(6,22-29(39)40)23-30(41)44-28-14-15-35(7)26(33(28,4)5)13-16-37(9)27(35)12-11-24-25-21-32(2,3)17-19-38(25,31(42)43)20-18-36(24,37)8/h11,25-28H,10,12-23H2,1-9H3,(H,39,40)(H,42,43)/t25?,26?,27?,28-,34?,35-,36+,37+,38-/m0/s1. The van der Waals surface area contributed by atoms with E-state index >= 15 is 0 Å². The number of carboxylic acid groups (broad SMARTS) is 2. The van der Waals surface area contributed by atoms with Crippen molar-refractivity contribution in [2.45, 2.75) is 152 Å². The number of hydrogen-bond donors (Lipinski definition) is 2. The molecule has 0 aromatic carbocycles. The van der Waals surface area contributed by atoms with Crippen LogP contribution in [0.5, 0.6) is 0 Å². The molecule has 0 spiro atoms. The highest BCUT2D eigenvalue weighted by molar-refractivity contribution is 5.76. The molecule has 5 aliphatic carbocycles. The molecule has 9 atom stereocenters. The fourth-order valence-electron chi connectivity index (χ4n) is 12.0. The third-order valence-corrected chi connectivity index (χ3v) is 15.3. The Balaban J connectivity index is 1.42. The molecular formula is C38H60O6. The van der Waals surface area contributed by atoms with Crippen molar-refractivity contribution in [1.82, 2.24) is 0 Å². The lowest BCUT2D eigenvalue weighted by atomic mass is 9.33. The van der Waals surface area contributed by atoms with Gasteiger partial charge in [0, 0.05) is 5.41 Å². The number of carbonyl (C=O) groups excluding carboxylic acids is 1. The maximum absolute atomic E-state index is 13.2. The van der Waals surface area contributed by atoms with Crippen LogP contribution in [0.3, 0.4) is 0 Å². The molecule has 0 radical (unpaired) electrons. The fraction of sp³-hybridized carbons (Fsp3) is 0.868. The summed E-state index contributed by atoms with van der Waals surface area (Å²) in [5, 5.41) is 20.0. The van der Waals surface area contributed by atoms with Crippen LogP contribution in [0.4, 0.5) is 0 Å². The van der Waals surface area contributed by atoms with Crippen molar-refractivity contribution in [3.63, 3.8) is 0 Å². The topological polar surface area (TPSA) is 101 Å². The molecule has 6 nitrogen and oxygen atoms in total. The number of rotatable bonds is 7. The zero-order chi connectivity index (χ0) is 32.7. The van der Waals surface area contributed by atoms with Gasteiger partial charge in [-0.15, -0.1) is 0 Å². The van der Waals surface area contributed by atoms with Gasteiger partial charge in [0.25, 0.3) is 0 Å². The normalized spacial score (nSPS) is 43.5. The quantitative estimate of drug-likeness (QED) is 0.220. The first-order valence-electron chi connectivity index (χ1n) is 17.5. The highest BCUT2D eigenvalue weighted by atomic mass is 16.5. The van der Waals surface area contributed by atoms with E-state index in [1.54, 1.807) is 0 Å². The van der Waals surface area contributed by atoms with Crippen LogP contribution in [0.2, 0.25) is 0 Å². The number of fused-ring (bicyclic) bond motifs is 7. The number of esters is 1. The van der Waals surface area contributed by atoms with E-state index in [1.165, 1.54) is 5.57 Å². The highest BCUT2D eigenvalue weighted by Gasteiger charge is 2.69. The summed E-state index contributed by atoms with van der Waals surface area (Å²) >= 11 is 0. The van der Waals surface area contributed by atoms with Crippen LogP contribution < -0.4 is 0 Å². The minimum Gasteiger partial charge on any atom is -0.481 e. The number of allylic oxidation sites excluding steroid dienone is 2. The molecule has 0 amide bonds. The first kappa shape index (κ1) is 33.5. The van der Waals surface area contributed by atoms with E-state index in [9.17, 15) is 24.6 Å². The van der Waals surface area contributed by atoms with Crippen LogP contribution in [-0.2, 0) is 19.1 Å². The van der Waals surface area contributed by atoms with Gasteiger partial charge in [-0.3, -0.25) is 14.4 Å². The van der Waals surface area contributed by atoms with Crippen LogP contribution >= 0.6 is 0 Å². The molecular weight excluding hydrogens is 552 g/mol. The molecule has 0 bridgehead atoms. The third kappa shape index (κ3) is 4.89. The Bertz CT molecular complexity index is 1230. The summed E-state index contributed by atoms with van der Waals surface area (Å²) in [7, 11) is 0. The highest BCUT2D eigenvalue weighted by Crippen LogP contribution is 2.75. The molecule has 6 heteroatoms. The second-order valence-electron chi connectivity index (χ2n) is 18.4. The van der Waals surface area contributed by atoms with Gasteiger partial charge in [0.2, 0.25) is 0 Å². The third-order valence-electron chi connectivity index (χ3n) is 15.3. The van der Waals surface area contributed by atoms with Gasteiger partial charge in [0.1, 0.15) is 6.10 Å². The van der Waals surface area contributed by atoms with E-state index in [0.29, 0.717) is 18.3 Å². The van der Waals surface area contributed by atoms with Crippen molar-refractivity contribution in [3.05, 3.63) is 11.6 Å². The lowest BCUT2D eigenvalue weighted by Crippen LogP contribution is -2.65. The van der Waals surface area contributed by atoms with Gasteiger partial charge in [-0.05, 0) is 115 Å². The van der Waals surface area contributed by atoms with Gasteiger partial charge < -0.3 is 14.9 Å². The molecule has 4 saturated carbocycles. The molecule has 44 heavy (non-hydrogen) atoms. The van der Waals surface area contributed by atoms with Crippen LogP contribution in [0.1, 0.15) is 146 Å². The largest absolute Gasteiger partial charge is 0.481 e. The lowest BCUT2D eigenvalue weighted by Gasteiger charge is -2.71. The van der Waals surface area contributed by atoms with Crippen molar-refractivity contribution < 1.29 is 29.3 Å². The average Bonchev–Trinajstić information content (AvgIpc) is 2.89. The van der Waals surface area contributed by atoms with Crippen molar-refractivity contribution in [2.75, 3.05) is 0 Å². The molecule has 5 aliphatic rings. The number of carboxylic acids is 2. The Kier molecular flexibility index (Phi) is 8.06. The molecule has 4 fully saturated rings. The molecule has 5 rings (SSSR count). The first-order chi connectivity index (χ1) is 20.2. The first-order valence-corrected chi connectivity index (χ1v) is 17.5.